The number of nitrogens with one attached hydrogen (secondary N) is 2. The van der Waals surface area contributed by atoms with Crippen LogP contribution >= 0.6 is 24.8 Å². The van der Waals surface area contributed by atoms with Crippen molar-refractivity contribution in [3.8, 4) is 5.75 Å². The van der Waals surface area contributed by atoms with Gasteiger partial charge in [0.2, 0.25) is 0 Å². The number of benzene rings is 1. The molecule has 1 fully saturated rings. The molecule has 0 atom stereocenters. The number of para-hydroxylation sites is 2. The summed E-state index contributed by atoms with van der Waals surface area (Å²) in [6.45, 7) is 9.59. The number of ether oxygens (including phenoxy) is 1. The lowest BCUT2D eigenvalue weighted by Gasteiger charge is -2.22. The monoisotopic (exact) mass is 458 g/mol. The summed E-state index contributed by atoms with van der Waals surface area (Å²) in [5, 5.41) is 14.4. The van der Waals surface area contributed by atoms with Crippen molar-refractivity contribution < 1.29 is 9.53 Å². The van der Waals surface area contributed by atoms with Crippen LogP contribution in [0, 0.1) is 0 Å². The van der Waals surface area contributed by atoms with Crippen LogP contribution < -0.4 is 15.4 Å². The van der Waals surface area contributed by atoms with Crippen LogP contribution in [0.4, 0.5) is 5.69 Å². The lowest BCUT2D eigenvalue weighted by atomic mass is 10.1. The van der Waals surface area contributed by atoms with Gasteiger partial charge in [0.15, 0.2) is 5.69 Å². The standard InChI is InChI=1S/C20H30N6O2.2ClH/c1-3-25(4-2)13-14-28-19-8-6-5-7-17(19)22-20(27)18-15-26(24-23-18)16-9-11-21-12-10-16;;/h5-8,15-16,21H,3-4,9-14H2,1-2H3,(H,22,27);2*1H. The van der Waals surface area contributed by atoms with Crippen molar-refractivity contribution in [1.29, 1.82) is 0 Å². The van der Waals surface area contributed by atoms with Gasteiger partial charge >= 0.3 is 0 Å². The van der Waals surface area contributed by atoms with Crippen LogP contribution in [0.25, 0.3) is 0 Å². The van der Waals surface area contributed by atoms with Crippen molar-refractivity contribution in [2.75, 3.05) is 44.6 Å². The number of anilines is 1. The Morgan fingerprint density at radius 3 is 2.63 bits per heavy atom. The molecule has 2 heterocycles. The minimum absolute atomic E-state index is 0. The third-order valence-electron chi connectivity index (χ3n) is 5.12. The molecule has 0 spiro atoms. The molecular weight excluding hydrogens is 427 g/mol. The molecule has 1 aliphatic heterocycles. The first-order valence-corrected chi connectivity index (χ1v) is 10.1. The molecule has 10 heteroatoms. The fourth-order valence-electron chi connectivity index (χ4n) is 3.34. The topological polar surface area (TPSA) is 84.3 Å². The average molecular weight is 459 g/mol. The summed E-state index contributed by atoms with van der Waals surface area (Å²) in [5.41, 5.74) is 0.958. The van der Waals surface area contributed by atoms with Crippen molar-refractivity contribution in [3.05, 3.63) is 36.2 Å². The molecule has 1 saturated heterocycles. The number of piperidine rings is 1. The number of rotatable bonds is 9. The molecular formula is C20H32Cl2N6O2. The van der Waals surface area contributed by atoms with Crippen LogP contribution in [0.1, 0.15) is 43.2 Å². The quantitative estimate of drug-likeness (QED) is 0.600. The molecule has 0 saturated carbocycles. The normalized spacial score (nSPS) is 14.0. The van der Waals surface area contributed by atoms with Crippen LogP contribution in [0.5, 0.6) is 5.75 Å². The molecule has 2 N–H and O–H groups in total. The molecule has 0 radical (unpaired) electrons. The molecule has 1 amide bonds. The van der Waals surface area contributed by atoms with E-state index in [1.54, 1.807) is 6.20 Å². The fraction of sp³-hybridized carbons (Fsp3) is 0.550. The van der Waals surface area contributed by atoms with Crippen molar-refractivity contribution in [1.82, 2.24) is 25.2 Å². The molecule has 30 heavy (non-hydrogen) atoms. The number of halogens is 2. The highest BCUT2D eigenvalue weighted by molar-refractivity contribution is 6.03. The largest absolute Gasteiger partial charge is 0.490 e. The van der Waals surface area contributed by atoms with E-state index in [0.29, 0.717) is 29.8 Å². The number of likely N-dealkylation sites (N-methyl/N-ethyl adjacent to an activating group) is 1. The third kappa shape index (κ3) is 7.12. The van der Waals surface area contributed by atoms with Crippen LogP contribution in [0.3, 0.4) is 0 Å². The van der Waals surface area contributed by atoms with Crippen molar-refractivity contribution >= 4 is 36.4 Å². The number of hydrogen-bond donors (Lipinski definition) is 2. The highest BCUT2D eigenvalue weighted by Crippen LogP contribution is 2.24. The summed E-state index contributed by atoms with van der Waals surface area (Å²) < 4.78 is 7.71. The summed E-state index contributed by atoms with van der Waals surface area (Å²) >= 11 is 0. The van der Waals surface area contributed by atoms with Crippen molar-refractivity contribution in [2.24, 2.45) is 0 Å². The maximum Gasteiger partial charge on any atom is 0.277 e. The third-order valence-corrected chi connectivity index (χ3v) is 5.12. The predicted molar refractivity (Wildman–Crippen MR) is 123 cm³/mol. The van der Waals surface area contributed by atoms with Gasteiger partial charge in [-0.1, -0.05) is 31.2 Å². The first kappa shape index (κ1) is 26.2. The maximum absolute atomic E-state index is 12.6. The van der Waals surface area contributed by atoms with Gasteiger partial charge in [-0.3, -0.25) is 4.79 Å². The zero-order valence-corrected chi connectivity index (χ0v) is 19.2. The average Bonchev–Trinajstić information content (AvgIpc) is 3.23. The molecule has 1 aromatic heterocycles. The molecule has 0 unspecified atom stereocenters. The van der Waals surface area contributed by atoms with E-state index in [-0.39, 0.29) is 30.7 Å². The SMILES string of the molecule is CCN(CC)CCOc1ccccc1NC(=O)c1cn(C2CCNCC2)nn1.Cl.Cl. The van der Waals surface area contributed by atoms with Gasteiger partial charge in [-0.05, 0) is 51.2 Å². The molecule has 168 valence electrons. The van der Waals surface area contributed by atoms with Crippen LogP contribution in [0.2, 0.25) is 0 Å². The predicted octanol–water partition coefficient (Wildman–Crippen LogP) is 3.02. The van der Waals surface area contributed by atoms with Crippen molar-refractivity contribution in [2.45, 2.75) is 32.7 Å². The van der Waals surface area contributed by atoms with E-state index in [1.165, 1.54) is 0 Å². The Kier molecular flexibility index (Phi) is 11.7. The van der Waals surface area contributed by atoms with Gasteiger partial charge in [0, 0.05) is 6.54 Å². The molecule has 3 rings (SSSR count). The minimum atomic E-state index is -0.278. The van der Waals surface area contributed by atoms with E-state index in [0.717, 1.165) is 45.6 Å². The summed E-state index contributed by atoms with van der Waals surface area (Å²) in [6, 6.07) is 7.77. The first-order valence-electron chi connectivity index (χ1n) is 10.1. The Hall–Kier alpha value is -1.87. The van der Waals surface area contributed by atoms with Gasteiger partial charge in [0.1, 0.15) is 12.4 Å². The molecule has 1 aromatic carbocycles. The summed E-state index contributed by atoms with van der Waals surface area (Å²) in [6.07, 6.45) is 3.72. The molecule has 2 aromatic rings. The van der Waals surface area contributed by atoms with Gasteiger partial charge in [-0.2, -0.15) is 0 Å². The Bertz CT molecular complexity index is 763. The van der Waals surface area contributed by atoms with Gasteiger partial charge < -0.3 is 20.3 Å². The molecule has 0 aliphatic carbocycles. The van der Waals surface area contributed by atoms with Crippen molar-refractivity contribution in [3.63, 3.8) is 0 Å². The lowest BCUT2D eigenvalue weighted by molar-refractivity contribution is 0.102. The van der Waals surface area contributed by atoms with Crippen LogP contribution in [0.15, 0.2) is 30.5 Å². The Balaban J connectivity index is 0.00000225. The Morgan fingerprint density at radius 1 is 1.23 bits per heavy atom. The summed E-state index contributed by atoms with van der Waals surface area (Å²) in [7, 11) is 0. The highest BCUT2D eigenvalue weighted by Gasteiger charge is 2.19. The number of nitrogens with zero attached hydrogens (tertiary/aromatic N) is 4. The number of carbonyl (C=O) groups excluding carboxylic acids is 1. The van der Waals surface area contributed by atoms with Gasteiger partial charge in [-0.25, -0.2) is 4.68 Å². The Morgan fingerprint density at radius 2 is 1.93 bits per heavy atom. The maximum atomic E-state index is 12.6. The van der Waals surface area contributed by atoms with E-state index in [4.69, 9.17) is 4.74 Å². The first-order chi connectivity index (χ1) is 13.7. The van der Waals surface area contributed by atoms with E-state index in [2.05, 4.69) is 39.7 Å². The van der Waals surface area contributed by atoms with E-state index in [1.807, 2.05) is 28.9 Å². The number of aromatic nitrogens is 3. The smallest absolute Gasteiger partial charge is 0.277 e. The fourth-order valence-corrected chi connectivity index (χ4v) is 3.34. The molecule has 1 aliphatic rings. The van der Waals surface area contributed by atoms with Crippen LogP contribution in [-0.4, -0.2) is 65.1 Å². The van der Waals surface area contributed by atoms with E-state index >= 15 is 0 Å². The minimum Gasteiger partial charge on any atom is -0.490 e. The Labute approximate surface area is 190 Å². The summed E-state index contributed by atoms with van der Waals surface area (Å²) in [5.74, 6) is 0.383. The number of amides is 1. The second-order valence-electron chi connectivity index (χ2n) is 6.89. The van der Waals surface area contributed by atoms with Crippen LogP contribution in [-0.2, 0) is 0 Å². The second-order valence-corrected chi connectivity index (χ2v) is 6.89. The lowest BCUT2D eigenvalue weighted by Crippen LogP contribution is -2.29. The molecule has 0 bridgehead atoms. The molecule has 8 nitrogen and oxygen atoms in total. The van der Waals surface area contributed by atoms with E-state index in [9.17, 15) is 4.79 Å². The van der Waals surface area contributed by atoms with Gasteiger partial charge in [0.05, 0.1) is 17.9 Å². The summed E-state index contributed by atoms with van der Waals surface area (Å²) in [4.78, 5) is 14.9. The number of hydrogen-bond acceptors (Lipinski definition) is 6. The zero-order valence-electron chi connectivity index (χ0n) is 17.5. The number of carbonyl (C=O) groups is 1. The van der Waals surface area contributed by atoms with E-state index < -0.39 is 0 Å². The van der Waals surface area contributed by atoms with Gasteiger partial charge in [0.25, 0.3) is 5.91 Å². The zero-order chi connectivity index (χ0) is 19.8. The highest BCUT2D eigenvalue weighted by atomic mass is 35.5. The van der Waals surface area contributed by atoms with Gasteiger partial charge in [-0.15, -0.1) is 29.9 Å². The second kappa shape index (κ2) is 13.4.